The van der Waals surface area contributed by atoms with Crippen LogP contribution in [0, 0.1) is 5.92 Å². The van der Waals surface area contributed by atoms with Crippen LogP contribution in [0.4, 0.5) is 5.82 Å². The molecule has 0 saturated carbocycles. The van der Waals surface area contributed by atoms with E-state index in [2.05, 4.69) is 10.3 Å². The van der Waals surface area contributed by atoms with Gasteiger partial charge in [-0.15, -0.1) is 0 Å². The number of nitrogens with one attached hydrogen (secondary N) is 1. The second-order valence-corrected chi connectivity index (χ2v) is 6.50. The van der Waals surface area contributed by atoms with E-state index in [1.54, 1.807) is 29.2 Å². The lowest BCUT2D eigenvalue weighted by molar-refractivity contribution is -0.152. The van der Waals surface area contributed by atoms with Gasteiger partial charge in [0.05, 0.1) is 17.2 Å². The molecule has 0 atom stereocenters. The second kappa shape index (κ2) is 8.68. The molecule has 0 aliphatic carbocycles. The fourth-order valence-corrected chi connectivity index (χ4v) is 2.87. The number of furan rings is 1. The lowest BCUT2D eigenvalue weighted by Crippen LogP contribution is -2.40. The molecule has 0 radical (unpaired) electrons. The monoisotopic (exact) mass is 391 g/mol. The Hall–Kier alpha value is -2.87. The zero-order valence-corrected chi connectivity index (χ0v) is 15.1. The molecular weight excluding hydrogens is 374 g/mol. The Morgan fingerprint density at radius 1 is 1.26 bits per heavy atom. The summed E-state index contributed by atoms with van der Waals surface area (Å²) in [5.41, 5.74) is 0. The largest absolute Gasteiger partial charge is 0.459 e. The predicted molar refractivity (Wildman–Crippen MR) is 96.2 cm³/mol. The van der Waals surface area contributed by atoms with Crippen LogP contribution in [-0.2, 0) is 14.3 Å². The topological polar surface area (TPSA) is 102 Å². The summed E-state index contributed by atoms with van der Waals surface area (Å²) in [5, 5.41) is 2.97. The molecular formula is C18H18ClN3O5. The first-order valence-corrected chi connectivity index (χ1v) is 8.81. The first-order valence-electron chi connectivity index (χ1n) is 8.44. The molecule has 27 heavy (non-hydrogen) atoms. The average molecular weight is 392 g/mol. The van der Waals surface area contributed by atoms with Gasteiger partial charge in [0.1, 0.15) is 5.82 Å². The van der Waals surface area contributed by atoms with Crippen molar-refractivity contribution in [2.75, 3.05) is 25.0 Å². The standard InChI is InChI=1S/C18H18ClN3O5/c19-13-3-4-15(20-10-13)21-16(23)11-27-18(25)12-5-7-22(8-6-12)17(24)14-2-1-9-26-14/h1-4,9-10,12H,5-8,11H2,(H,20,21,23). The molecule has 0 unspecified atom stereocenters. The lowest BCUT2D eigenvalue weighted by Gasteiger charge is -2.30. The van der Waals surface area contributed by atoms with E-state index >= 15 is 0 Å². The summed E-state index contributed by atoms with van der Waals surface area (Å²) < 4.78 is 10.2. The fraction of sp³-hybridized carbons (Fsp3) is 0.333. The summed E-state index contributed by atoms with van der Waals surface area (Å²) in [4.78, 5) is 41.7. The molecule has 2 amide bonds. The van der Waals surface area contributed by atoms with Crippen LogP contribution in [0.1, 0.15) is 23.4 Å². The van der Waals surface area contributed by atoms with Gasteiger partial charge in [0.2, 0.25) is 0 Å². The van der Waals surface area contributed by atoms with Crippen LogP contribution in [0.3, 0.4) is 0 Å². The molecule has 1 N–H and O–H groups in total. The van der Waals surface area contributed by atoms with Crippen LogP contribution >= 0.6 is 11.6 Å². The predicted octanol–water partition coefficient (Wildman–Crippen LogP) is 2.36. The van der Waals surface area contributed by atoms with E-state index in [-0.39, 0.29) is 17.6 Å². The minimum atomic E-state index is -0.483. The highest BCUT2D eigenvalue weighted by Crippen LogP contribution is 2.20. The van der Waals surface area contributed by atoms with E-state index in [9.17, 15) is 14.4 Å². The minimum Gasteiger partial charge on any atom is -0.459 e. The van der Waals surface area contributed by atoms with E-state index in [4.69, 9.17) is 20.8 Å². The molecule has 3 rings (SSSR count). The first kappa shape index (κ1) is 18.9. The van der Waals surface area contributed by atoms with Crippen LogP contribution in [-0.4, -0.2) is 47.4 Å². The van der Waals surface area contributed by atoms with Crippen LogP contribution in [0.25, 0.3) is 0 Å². The number of rotatable bonds is 5. The summed E-state index contributed by atoms with van der Waals surface area (Å²) in [6, 6.07) is 6.40. The van der Waals surface area contributed by atoms with Crippen molar-refractivity contribution in [1.82, 2.24) is 9.88 Å². The van der Waals surface area contributed by atoms with Crippen LogP contribution in [0.5, 0.6) is 0 Å². The fourth-order valence-electron chi connectivity index (χ4n) is 2.76. The van der Waals surface area contributed by atoms with Gasteiger partial charge >= 0.3 is 5.97 Å². The van der Waals surface area contributed by atoms with Gasteiger partial charge in [-0.1, -0.05) is 11.6 Å². The average Bonchev–Trinajstić information content (AvgIpc) is 3.22. The van der Waals surface area contributed by atoms with Crippen molar-refractivity contribution in [3.8, 4) is 0 Å². The summed E-state index contributed by atoms with van der Waals surface area (Å²) in [5.74, 6) is -0.856. The van der Waals surface area contributed by atoms with Crippen molar-refractivity contribution >= 4 is 35.2 Å². The summed E-state index contributed by atoms with van der Waals surface area (Å²) in [6.45, 7) is 0.467. The summed E-state index contributed by atoms with van der Waals surface area (Å²) in [6.07, 6.45) is 3.81. The molecule has 2 aromatic heterocycles. The first-order chi connectivity index (χ1) is 13.0. The molecule has 0 aromatic carbocycles. The second-order valence-electron chi connectivity index (χ2n) is 6.06. The summed E-state index contributed by atoms with van der Waals surface area (Å²) >= 11 is 5.72. The normalized spacial score (nSPS) is 14.6. The molecule has 9 heteroatoms. The van der Waals surface area contributed by atoms with Gasteiger partial charge in [-0.2, -0.15) is 0 Å². The Balaban J connectivity index is 1.41. The highest BCUT2D eigenvalue weighted by molar-refractivity contribution is 6.30. The number of amides is 2. The molecule has 0 bridgehead atoms. The molecule has 1 aliphatic rings. The molecule has 8 nitrogen and oxygen atoms in total. The Kier molecular flexibility index (Phi) is 6.08. The van der Waals surface area contributed by atoms with E-state index < -0.39 is 18.5 Å². The van der Waals surface area contributed by atoms with Crippen molar-refractivity contribution in [3.63, 3.8) is 0 Å². The number of carbonyl (C=O) groups is 3. The van der Waals surface area contributed by atoms with E-state index in [0.717, 1.165) is 0 Å². The van der Waals surface area contributed by atoms with Crippen molar-refractivity contribution in [2.45, 2.75) is 12.8 Å². The van der Waals surface area contributed by atoms with Crippen LogP contribution < -0.4 is 5.32 Å². The molecule has 142 valence electrons. The van der Waals surface area contributed by atoms with Crippen molar-refractivity contribution in [1.29, 1.82) is 0 Å². The third kappa shape index (κ3) is 5.07. The van der Waals surface area contributed by atoms with Gasteiger partial charge in [-0.25, -0.2) is 4.98 Å². The number of carbonyl (C=O) groups excluding carboxylic acids is 3. The lowest BCUT2D eigenvalue weighted by atomic mass is 9.97. The zero-order chi connectivity index (χ0) is 19.2. The van der Waals surface area contributed by atoms with Crippen molar-refractivity contribution < 1.29 is 23.5 Å². The summed E-state index contributed by atoms with van der Waals surface area (Å²) in [7, 11) is 0. The van der Waals surface area contributed by atoms with Gasteiger partial charge in [0.15, 0.2) is 12.4 Å². The van der Waals surface area contributed by atoms with Gasteiger partial charge in [-0.3, -0.25) is 14.4 Å². The molecule has 1 aliphatic heterocycles. The number of halogens is 1. The number of piperidine rings is 1. The third-order valence-electron chi connectivity index (χ3n) is 4.19. The minimum absolute atomic E-state index is 0.193. The molecule has 0 spiro atoms. The number of aromatic nitrogens is 1. The van der Waals surface area contributed by atoms with E-state index in [0.29, 0.717) is 36.8 Å². The van der Waals surface area contributed by atoms with E-state index in [1.807, 2.05) is 0 Å². The van der Waals surface area contributed by atoms with Crippen LogP contribution in [0.15, 0.2) is 41.1 Å². The highest BCUT2D eigenvalue weighted by atomic mass is 35.5. The van der Waals surface area contributed by atoms with Gasteiger partial charge in [-0.05, 0) is 37.1 Å². The Morgan fingerprint density at radius 3 is 2.67 bits per heavy atom. The highest BCUT2D eigenvalue weighted by Gasteiger charge is 2.29. The number of anilines is 1. The van der Waals surface area contributed by atoms with Gasteiger partial charge in [0.25, 0.3) is 11.8 Å². The number of hydrogen-bond donors (Lipinski definition) is 1. The maximum absolute atomic E-state index is 12.2. The number of nitrogens with zero attached hydrogens (tertiary/aromatic N) is 2. The Bertz CT molecular complexity index is 799. The van der Waals surface area contributed by atoms with Crippen molar-refractivity contribution in [2.24, 2.45) is 5.92 Å². The SMILES string of the molecule is O=C(COC(=O)C1CCN(C(=O)c2ccco2)CC1)Nc1ccc(Cl)cn1. The van der Waals surface area contributed by atoms with Gasteiger partial charge < -0.3 is 19.4 Å². The number of hydrogen-bond acceptors (Lipinski definition) is 6. The molecule has 1 saturated heterocycles. The molecule has 1 fully saturated rings. The number of pyridine rings is 1. The Labute approximate surface area is 160 Å². The zero-order valence-electron chi connectivity index (χ0n) is 14.4. The smallest absolute Gasteiger partial charge is 0.309 e. The Morgan fingerprint density at radius 2 is 2.04 bits per heavy atom. The number of likely N-dealkylation sites (tertiary alicyclic amines) is 1. The van der Waals surface area contributed by atoms with Crippen molar-refractivity contribution in [3.05, 3.63) is 47.5 Å². The van der Waals surface area contributed by atoms with E-state index in [1.165, 1.54) is 12.5 Å². The quantitative estimate of drug-likeness (QED) is 0.785. The van der Waals surface area contributed by atoms with Crippen LogP contribution in [0.2, 0.25) is 5.02 Å². The third-order valence-corrected chi connectivity index (χ3v) is 4.41. The maximum atomic E-state index is 12.2. The van der Waals surface area contributed by atoms with Gasteiger partial charge in [0, 0.05) is 19.3 Å². The maximum Gasteiger partial charge on any atom is 0.309 e. The molecule has 3 heterocycles. The number of esters is 1. The molecule has 2 aromatic rings. The number of ether oxygens (including phenoxy) is 1.